The van der Waals surface area contributed by atoms with Gasteiger partial charge in [0.1, 0.15) is 12.4 Å². The van der Waals surface area contributed by atoms with Gasteiger partial charge in [0.05, 0.1) is 11.2 Å². The Morgan fingerprint density at radius 2 is 1.46 bits per heavy atom. The van der Waals surface area contributed by atoms with Crippen LogP contribution in [0.5, 0.6) is 5.75 Å². The zero-order valence-electron chi connectivity index (χ0n) is 17.6. The lowest BCUT2D eigenvalue weighted by Gasteiger charge is -2.32. The molecule has 2 aromatic carbocycles. The average molecular weight is 377 g/mol. The fourth-order valence-electron chi connectivity index (χ4n) is 2.94. The SMILES string of the molecule is [C-]#[N+]C(C)(C)c1ccc(COc2ccc(B3OC(C)(C)C(C)(C)O3)cc2)cc1. The predicted molar refractivity (Wildman–Crippen MR) is 113 cm³/mol. The van der Waals surface area contributed by atoms with Crippen LogP contribution >= 0.6 is 0 Å². The molecule has 1 fully saturated rings. The highest BCUT2D eigenvalue weighted by atomic mass is 16.7. The van der Waals surface area contributed by atoms with E-state index in [0.717, 1.165) is 22.3 Å². The molecule has 0 bridgehead atoms. The Labute approximate surface area is 168 Å². The molecule has 0 amide bonds. The number of benzene rings is 2. The minimum Gasteiger partial charge on any atom is -0.489 e. The van der Waals surface area contributed by atoms with Crippen molar-refractivity contribution in [3.63, 3.8) is 0 Å². The van der Waals surface area contributed by atoms with E-state index in [2.05, 4.69) is 32.5 Å². The maximum absolute atomic E-state index is 7.30. The molecule has 2 aromatic rings. The predicted octanol–water partition coefficient (Wildman–Crippen LogP) is 4.72. The third kappa shape index (κ3) is 4.09. The van der Waals surface area contributed by atoms with Crippen molar-refractivity contribution in [2.75, 3.05) is 0 Å². The quantitative estimate of drug-likeness (QED) is 0.558. The average Bonchev–Trinajstić information content (AvgIpc) is 2.88. The molecule has 0 aromatic heterocycles. The van der Waals surface area contributed by atoms with Crippen LogP contribution in [-0.2, 0) is 21.5 Å². The topological polar surface area (TPSA) is 32.0 Å². The van der Waals surface area contributed by atoms with Gasteiger partial charge in [-0.3, -0.25) is 0 Å². The fourth-order valence-corrected chi connectivity index (χ4v) is 2.94. The number of ether oxygens (including phenoxy) is 1. The number of hydrogen-bond donors (Lipinski definition) is 0. The molecule has 0 saturated carbocycles. The lowest BCUT2D eigenvalue weighted by atomic mass is 9.79. The summed E-state index contributed by atoms with van der Waals surface area (Å²) in [5, 5.41) is 0. The molecule has 28 heavy (non-hydrogen) atoms. The molecule has 5 heteroatoms. The van der Waals surface area contributed by atoms with Crippen molar-refractivity contribution >= 4 is 12.6 Å². The third-order valence-electron chi connectivity index (χ3n) is 5.75. The normalized spacial score (nSPS) is 18.0. The van der Waals surface area contributed by atoms with Crippen molar-refractivity contribution in [1.82, 2.24) is 0 Å². The van der Waals surface area contributed by atoms with Gasteiger partial charge in [0.25, 0.3) is 5.54 Å². The highest BCUT2D eigenvalue weighted by Crippen LogP contribution is 2.36. The molecule has 4 nitrogen and oxygen atoms in total. The minimum absolute atomic E-state index is 0.346. The van der Waals surface area contributed by atoms with E-state index >= 15 is 0 Å². The zero-order chi connectivity index (χ0) is 20.6. The second-order valence-corrected chi connectivity index (χ2v) is 8.81. The zero-order valence-corrected chi connectivity index (χ0v) is 17.6. The van der Waals surface area contributed by atoms with Crippen molar-refractivity contribution in [1.29, 1.82) is 0 Å². The van der Waals surface area contributed by atoms with Crippen LogP contribution in [-0.4, -0.2) is 18.3 Å². The van der Waals surface area contributed by atoms with Crippen LogP contribution in [0.4, 0.5) is 0 Å². The highest BCUT2D eigenvalue weighted by molar-refractivity contribution is 6.62. The van der Waals surface area contributed by atoms with Crippen LogP contribution in [0.1, 0.15) is 52.7 Å². The molecule has 3 rings (SSSR count). The Kier molecular flexibility index (Phi) is 5.31. The van der Waals surface area contributed by atoms with Crippen LogP contribution < -0.4 is 10.2 Å². The van der Waals surface area contributed by atoms with Gasteiger partial charge >= 0.3 is 7.12 Å². The number of nitrogens with zero attached hydrogens (tertiary/aromatic N) is 1. The number of rotatable bonds is 5. The Balaban J connectivity index is 1.61. The molecule has 1 saturated heterocycles. The molecule has 0 atom stereocenters. The van der Waals surface area contributed by atoms with Crippen LogP contribution in [0.25, 0.3) is 4.85 Å². The van der Waals surface area contributed by atoms with E-state index in [0.29, 0.717) is 6.61 Å². The van der Waals surface area contributed by atoms with Gasteiger partial charge in [-0.25, -0.2) is 6.57 Å². The second kappa shape index (κ2) is 7.27. The smallest absolute Gasteiger partial charge is 0.489 e. The second-order valence-electron chi connectivity index (χ2n) is 8.81. The molecule has 1 aliphatic rings. The van der Waals surface area contributed by atoms with Gasteiger partial charge in [-0.2, -0.15) is 0 Å². The molecule has 1 heterocycles. The van der Waals surface area contributed by atoms with Crippen molar-refractivity contribution in [3.8, 4) is 5.75 Å². The summed E-state index contributed by atoms with van der Waals surface area (Å²) in [6, 6.07) is 15.9. The van der Waals surface area contributed by atoms with Gasteiger partial charge in [-0.15, -0.1) is 0 Å². The van der Waals surface area contributed by atoms with Crippen molar-refractivity contribution in [2.24, 2.45) is 0 Å². The van der Waals surface area contributed by atoms with E-state index in [1.807, 2.05) is 62.4 Å². The molecule has 0 N–H and O–H groups in total. The first-order valence-corrected chi connectivity index (χ1v) is 9.60. The van der Waals surface area contributed by atoms with Crippen molar-refractivity contribution in [2.45, 2.75) is 64.9 Å². The summed E-state index contributed by atoms with van der Waals surface area (Å²) in [7, 11) is -0.364. The van der Waals surface area contributed by atoms with Crippen LogP contribution in [0.15, 0.2) is 48.5 Å². The molecule has 1 aliphatic heterocycles. The van der Waals surface area contributed by atoms with Crippen LogP contribution in [0.3, 0.4) is 0 Å². The summed E-state index contributed by atoms with van der Waals surface area (Å²) in [6.07, 6.45) is 0. The van der Waals surface area contributed by atoms with E-state index in [-0.39, 0.29) is 18.3 Å². The minimum atomic E-state index is -0.497. The lowest BCUT2D eigenvalue weighted by Crippen LogP contribution is -2.41. The molecule has 0 spiro atoms. The first-order chi connectivity index (χ1) is 13.0. The first-order valence-electron chi connectivity index (χ1n) is 9.60. The Morgan fingerprint density at radius 1 is 0.929 bits per heavy atom. The molecular formula is C23H28BNO3. The van der Waals surface area contributed by atoms with Gasteiger partial charge in [0.2, 0.25) is 0 Å². The number of hydrogen-bond acceptors (Lipinski definition) is 3. The Hall–Kier alpha value is -2.29. The monoisotopic (exact) mass is 377 g/mol. The Morgan fingerprint density at radius 3 is 1.96 bits per heavy atom. The maximum atomic E-state index is 7.30. The molecule has 0 radical (unpaired) electrons. The lowest BCUT2D eigenvalue weighted by molar-refractivity contribution is 0.00578. The van der Waals surface area contributed by atoms with E-state index in [4.69, 9.17) is 20.6 Å². The van der Waals surface area contributed by atoms with Crippen molar-refractivity contribution in [3.05, 3.63) is 71.1 Å². The summed E-state index contributed by atoms with van der Waals surface area (Å²) in [4.78, 5) is 3.67. The molecule has 0 aliphatic carbocycles. The van der Waals surface area contributed by atoms with E-state index in [1.165, 1.54) is 0 Å². The van der Waals surface area contributed by atoms with Crippen LogP contribution in [0.2, 0.25) is 0 Å². The van der Waals surface area contributed by atoms with Gasteiger partial charge in [0.15, 0.2) is 0 Å². The van der Waals surface area contributed by atoms with Gasteiger partial charge in [-0.05, 0) is 50.9 Å². The summed E-state index contributed by atoms with van der Waals surface area (Å²) in [5.41, 5.74) is 1.87. The summed E-state index contributed by atoms with van der Waals surface area (Å²) < 4.78 is 18.1. The Bertz CT molecular complexity index is 848. The van der Waals surface area contributed by atoms with Crippen LogP contribution in [0, 0.1) is 6.57 Å². The summed E-state index contributed by atoms with van der Waals surface area (Å²) >= 11 is 0. The van der Waals surface area contributed by atoms with Gasteiger partial charge < -0.3 is 18.9 Å². The largest absolute Gasteiger partial charge is 0.494 e. The fraction of sp³-hybridized carbons (Fsp3) is 0.435. The summed E-state index contributed by atoms with van der Waals surface area (Å²) in [5.74, 6) is 0.797. The summed E-state index contributed by atoms with van der Waals surface area (Å²) in [6.45, 7) is 19.8. The van der Waals surface area contributed by atoms with E-state index in [9.17, 15) is 0 Å². The standard InChI is InChI=1S/C23H28BNO3/c1-21(2,25-7)18-10-8-17(9-11-18)16-26-20-14-12-19(13-15-20)24-27-22(3,4)23(5,6)28-24/h8-15H,16H2,1-6H3. The maximum Gasteiger partial charge on any atom is 0.494 e. The molecule has 0 unspecified atom stereocenters. The van der Waals surface area contributed by atoms with Crippen molar-refractivity contribution < 1.29 is 14.0 Å². The molecular weight excluding hydrogens is 349 g/mol. The van der Waals surface area contributed by atoms with Gasteiger partial charge in [0, 0.05) is 19.4 Å². The molecule has 146 valence electrons. The highest BCUT2D eigenvalue weighted by Gasteiger charge is 2.51. The first kappa shape index (κ1) is 20.4. The third-order valence-corrected chi connectivity index (χ3v) is 5.75. The van der Waals surface area contributed by atoms with E-state index < -0.39 is 5.54 Å². The van der Waals surface area contributed by atoms with Gasteiger partial charge in [-0.1, -0.05) is 36.4 Å². The van der Waals surface area contributed by atoms with E-state index in [1.54, 1.807) is 0 Å².